The Balaban J connectivity index is 1.67. The van der Waals surface area contributed by atoms with Crippen molar-refractivity contribution in [3.8, 4) is 0 Å². The molecule has 1 aliphatic carbocycles. The monoisotopic (exact) mass is 369 g/mol. The van der Waals surface area contributed by atoms with Gasteiger partial charge in [-0.3, -0.25) is 9.79 Å². The van der Waals surface area contributed by atoms with Crippen molar-refractivity contribution in [2.75, 3.05) is 0 Å². The van der Waals surface area contributed by atoms with Crippen molar-refractivity contribution < 1.29 is 9.90 Å². The Morgan fingerprint density at radius 2 is 1.64 bits per heavy atom. The number of nitrogens with zero attached hydrogens (tertiary/aromatic N) is 1. The van der Waals surface area contributed by atoms with Gasteiger partial charge in [0.2, 0.25) is 0 Å². The average molecular weight is 369 g/mol. The molecule has 1 saturated carbocycles. The molecular formula is C25H23NO2. The second-order valence-corrected chi connectivity index (χ2v) is 7.16. The number of allylic oxidation sites excluding steroid dienone is 2. The van der Waals surface area contributed by atoms with Crippen molar-refractivity contribution in [3.63, 3.8) is 0 Å². The lowest BCUT2D eigenvalue weighted by Crippen LogP contribution is -2.22. The van der Waals surface area contributed by atoms with Gasteiger partial charge in [0.15, 0.2) is 5.78 Å². The Labute approximate surface area is 165 Å². The van der Waals surface area contributed by atoms with Crippen molar-refractivity contribution in [2.45, 2.75) is 32.2 Å². The van der Waals surface area contributed by atoms with Crippen LogP contribution in [0.25, 0.3) is 10.8 Å². The zero-order valence-corrected chi connectivity index (χ0v) is 15.8. The molecule has 0 amide bonds. The van der Waals surface area contributed by atoms with Crippen LogP contribution < -0.4 is 0 Å². The Bertz CT molecular complexity index is 1060. The number of rotatable bonds is 4. The summed E-state index contributed by atoms with van der Waals surface area (Å²) < 4.78 is 0. The van der Waals surface area contributed by atoms with Gasteiger partial charge >= 0.3 is 0 Å². The standard InChI is InChI=1S/C25H23NO2/c27-23-15-7-14-22(26-17-18-8-2-1-3-9-18)25(23)24(28)16-20-12-6-11-19-10-4-5-13-21(19)20/h1-6,8-13,28H,7,14-17H2. The van der Waals surface area contributed by atoms with E-state index in [4.69, 9.17) is 0 Å². The highest BCUT2D eigenvalue weighted by Gasteiger charge is 2.25. The van der Waals surface area contributed by atoms with E-state index in [9.17, 15) is 9.90 Å². The number of fused-ring (bicyclic) bond motifs is 1. The van der Waals surface area contributed by atoms with Gasteiger partial charge in [0.25, 0.3) is 0 Å². The van der Waals surface area contributed by atoms with E-state index < -0.39 is 0 Å². The molecule has 0 saturated heterocycles. The number of Topliss-reactive ketones (excluding diaryl/α,β-unsaturated/α-hetero) is 1. The molecule has 0 unspecified atom stereocenters. The fourth-order valence-corrected chi connectivity index (χ4v) is 3.80. The van der Waals surface area contributed by atoms with Gasteiger partial charge in [-0.15, -0.1) is 0 Å². The highest BCUT2D eigenvalue weighted by molar-refractivity contribution is 6.24. The smallest absolute Gasteiger partial charge is 0.168 e. The first-order valence-electron chi connectivity index (χ1n) is 9.72. The minimum atomic E-state index is -0.00389. The number of aliphatic hydroxyl groups excluding tert-OH is 1. The van der Waals surface area contributed by atoms with E-state index in [1.807, 2.05) is 54.6 Å². The summed E-state index contributed by atoms with van der Waals surface area (Å²) in [6.45, 7) is 0.522. The molecule has 3 nitrogen and oxygen atoms in total. The summed E-state index contributed by atoms with van der Waals surface area (Å²) in [4.78, 5) is 17.3. The fraction of sp³-hybridized carbons (Fsp3) is 0.200. The van der Waals surface area contributed by atoms with Gasteiger partial charge in [0.1, 0.15) is 5.76 Å². The van der Waals surface area contributed by atoms with Gasteiger partial charge in [0, 0.05) is 18.6 Å². The first kappa shape index (κ1) is 18.2. The molecule has 1 N–H and O–H groups in total. The number of ketones is 1. The van der Waals surface area contributed by atoms with E-state index in [1.54, 1.807) is 0 Å². The van der Waals surface area contributed by atoms with Crippen LogP contribution in [0.5, 0.6) is 0 Å². The molecule has 3 aromatic carbocycles. The molecule has 0 bridgehead atoms. The van der Waals surface area contributed by atoms with Crippen LogP contribution in [0.15, 0.2) is 89.1 Å². The second-order valence-electron chi connectivity index (χ2n) is 7.16. The third-order valence-corrected chi connectivity index (χ3v) is 5.21. The van der Waals surface area contributed by atoms with E-state index in [2.05, 4.69) is 23.2 Å². The molecular weight excluding hydrogens is 346 g/mol. The van der Waals surface area contributed by atoms with Gasteiger partial charge in [-0.05, 0) is 34.7 Å². The van der Waals surface area contributed by atoms with Gasteiger partial charge in [-0.2, -0.15) is 0 Å². The van der Waals surface area contributed by atoms with Gasteiger partial charge in [-0.1, -0.05) is 72.8 Å². The van der Waals surface area contributed by atoms with Crippen LogP contribution >= 0.6 is 0 Å². The topological polar surface area (TPSA) is 49.7 Å². The van der Waals surface area contributed by atoms with E-state index in [0.29, 0.717) is 25.0 Å². The SMILES string of the molecule is O=C1CCCC(=NCc2ccccc2)C1=C(O)Cc1cccc2ccccc12. The van der Waals surface area contributed by atoms with E-state index in [-0.39, 0.29) is 11.5 Å². The van der Waals surface area contributed by atoms with Gasteiger partial charge < -0.3 is 5.11 Å². The number of aliphatic imine (C=N–C) groups is 1. The van der Waals surface area contributed by atoms with Gasteiger partial charge in [0.05, 0.1) is 12.1 Å². The minimum absolute atomic E-state index is 0.00389. The lowest BCUT2D eigenvalue weighted by molar-refractivity contribution is -0.115. The molecule has 0 heterocycles. The van der Waals surface area contributed by atoms with Gasteiger partial charge in [-0.25, -0.2) is 0 Å². The molecule has 0 aliphatic heterocycles. The molecule has 4 rings (SSSR count). The normalized spacial score (nSPS) is 17.9. The Morgan fingerprint density at radius 3 is 2.50 bits per heavy atom. The van der Waals surface area contributed by atoms with Crippen molar-refractivity contribution in [1.29, 1.82) is 0 Å². The van der Waals surface area contributed by atoms with E-state index in [1.165, 1.54) is 0 Å². The fourth-order valence-electron chi connectivity index (χ4n) is 3.80. The summed E-state index contributed by atoms with van der Waals surface area (Å²) in [5.74, 6) is 0.128. The molecule has 0 radical (unpaired) electrons. The quantitative estimate of drug-likeness (QED) is 0.481. The number of carbonyl (C=O) groups is 1. The summed E-state index contributed by atoms with van der Waals surface area (Å²) in [5.41, 5.74) is 3.28. The summed E-state index contributed by atoms with van der Waals surface area (Å²) in [5, 5.41) is 13.1. The first-order valence-corrected chi connectivity index (χ1v) is 9.72. The van der Waals surface area contributed by atoms with Crippen LogP contribution in [0.3, 0.4) is 0 Å². The number of carbonyl (C=O) groups excluding carboxylic acids is 1. The maximum Gasteiger partial charge on any atom is 0.168 e. The average Bonchev–Trinajstić information content (AvgIpc) is 2.73. The third-order valence-electron chi connectivity index (χ3n) is 5.21. The highest BCUT2D eigenvalue weighted by Crippen LogP contribution is 2.26. The molecule has 1 aliphatic rings. The summed E-state index contributed by atoms with van der Waals surface area (Å²) in [6, 6.07) is 24.1. The predicted molar refractivity (Wildman–Crippen MR) is 114 cm³/mol. The Morgan fingerprint density at radius 1 is 0.893 bits per heavy atom. The zero-order valence-electron chi connectivity index (χ0n) is 15.8. The van der Waals surface area contributed by atoms with Crippen LogP contribution in [0, 0.1) is 0 Å². The maximum absolute atomic E-state index is 12.6. The van der Waals surface area contributed by atoms with Crippen LogP contribution in [-0.4, -0.2) is 16.6 Å². The molecule has 3 aromatic rings. The molecule has 0 aromatic heterocycles. The first-order chi connectivity index (χ1) is 13.7. The van der Waals surface area contributed by atoms with E-state index in [0.717, 1.165) is 40.5 Å². The van der Waals surface area contributed by atoms with Crippen molar-refractivity contribution >= 4 is 22.3 Å². The lowest BCUT2D eigenvalue weighted by Gasteiger charge is -2.18. The lowest BCUT2D eigenvalue weighted by atomic mass is 9.88. The van der Waals surface area contributed by atoms with Crippen LogP contribution in [0.1, 0.15) is 30.4 Å². The van der Waals surface area contributed by atoms with Crippen molar-refractivity contribution in [1.82, 2.24) is 0 Å². The Kier molecular flexibility index (Phi) is 5.34. The summed E-state index contributed by atoms with van der Waals surface area (Å²) in [7, 11) is 0. The van der Waals surface area contributed by atoms with Crippen LogP contribution in [0.4, 0.5) is 0 Å². The second kappa shape index (κ2) is 8.22. The molecule has 0 spiro atoms. The largest absolute Gasteiger partial charge is 0.511 e. The predicted octanol–water partition coefficient (Wildman–Crippen LogP) is 5.59. The van der Waals surface area contributed by atoms with Crippen LogP contribution in [-0.2, 0) is 17.8 Å². The highest BCUT2D eigenvalue weighted by atomic mass is 16.3. The van der Waals surface area contributed by atoms with Crippen molar-refractivity contribution in [3.05, 3.63) is 95.3 Å². The zero-order chi connectivity index (χ0) is 19.3. The van der Waals surface area contributed by atoms with Crippen molar-refractivity contribution in [2.24, 2.45) is 4.99 Å². The molecule has 3 heteroatoms. The number of benzene rings is 3. The molecule has 0 atom stereocenters. The molecule has 28 heavy (non-hydrogen) atoms. The van der Waals surface area contributed by atoms with Crippen LogP contribution in [0.2, 0.25) is 0 Å². The molecule has 140 valence electrons. The number of hydrogen-bond donors (Lipinski definition) is 1. The Hall–Kier alpha value is -3.20. The maximum atomic E-state index is 12.6. The summed E-state index contributed by atoms with van der Waals surface area (Å²) >= 11 is 0. The van der Waals surface area contributed by atoms with E-state index >= 15 is 0 Å². The summed E-state index contributed by atoms with van der Waals surface area (Å²) in [6.07, 6.45) is 2.33. The number of aliphatic hydroxyl groups is 1. The number of hydrogen-bond acceptors (Lipinski definition) is 3. The minimum Gasteiger partial charge on any atom is -0.511 e. The molecule has 1 fully saturated rings. The third kappa shape index (κ3) is 3.89.